The maximum absolute atomic E-state index is 5.64. The molecule has 2 N–H and O–H groups in total. The molecule has 1 aliphatic heterocycles. The van der Waals surface area contributed by atoms with Gasteiger partial charge in [0.05, 0.1) is 0 Å². The number of hydrogen-bond donors (Lipinski definition) is 2. The van der Waals surface area contributed by atoms with Crippen LogP contribution in [0, 0.1) is 0 Å². The van der Waals surface area contributed by atoms with Gasteiger partial charge in [0.15, 0.2) is 5.15 Å². The third-order valence-electron chi connectivity index (χ3n) is 2.28. The number of hydrogen-bond acceptors (Lipinski definition) is 4. The normalized spacial score (nSPS) is 20.5. The smallest absolute Gasteiger partial charge is 0.151 e. The van der Waals surface area contributed by atoms with Gasteiger partial charge in [-0.3, -0.25) is 0 Å². The summed E-state index contributed by atoms with van der Waals surface area (Å²) in [4.78, 5) is 0. The quantitative estimate of drug-likeness (QED) is 0.837. The van der Waals surface area contributed by atoms with Crippen LogP contribution >= 0.6 is 24.0 Å². The van der Waals surface area contributed by atoms with Crippen molar-refractivity contribution in [2.45, 2.75) is 18.9 Å². The molecule has 0 unspecified atom stereocenters. The predicted molar refractivity (Wildman–Crippen MR) is 63.8 cm³/mol. The second-order valence-corrected chi connectivity index (χ2v) is 3.82. The summed E-state index contributed by atoms with van der Waals surface area (Å²) < 4.78 is 0. The minimum absolute atomic E-state index is 0. The fraction of sp³-hybridized carbons (Fsp3) is 0.556. The van der Waals surface area contributed by atoms with E-state index in [0.29, 0.717) is 11.2 Å². The lowest BCUT2D eigenvalue weighted by molar-refractivity contribution is 0.478. The second kappa shape index (κ2) is 6.10. The fourth-order valence-electron chi connectivity index (χ4n) is 1.58. The molecular weight excluding hydrogens is 235 g/mol. The molecular formula is C9H14Cl2N4. The van der Waals surface area contributed by atoms with E-state index in [4.69, 9.17) is 11.6 Å². The number of aromatic nitrogens is 2. The van der Waals surface area contributed by atoms with Crippen LogP contribution in [0.2, 0.25) is 5.15 Å². The molecule has 6 heteroatoms. The number of piperidine rings is 1. The monoisotopic (exact) mass is 248 g/mol. The van der Waals surface area contributed by atoms with Crippen LogP contribution in [0.1, 0.15) is 12.8 Å². The minimum atomic E-state index is 0. The first-order valence-corrected chi connectivity index (χ1v) is 5.19. The standard InChI is InChI=1S/C9H13ClN4.ClH/c10-8-3-4-9(14-13-8)12-7-2-1-5-11-6-7;/h3-4,7,11H,1-2,5-6H2,(H,12,14);1H/t7-;/m1./s1. The van der Waals surface area contributed by atoms with Crippen LogP contribution < -0.4 is 10.6 Å². The van der Waals surface area contributed by atoms with Crippen LogP contribution in [0.15, 0.2) is 12.1 Å². The molecule has 0 aromatic carbocycles. The highest BCUT2D eigenvalue weighted by molar-refractivity contribution is 6.29. The van der Waals surface area contributed by atoms with Crippen molar-refractivity contribution < 1.29 is 0 Å². The van der Waals surface area contributed by atoms with E-state index in [-0.39, 0.29) is 12.4 Å². The SMILES string of the molecule is Cl.Clc1ccc(N[C@@H]2CCCNC2)nn1. The van der Waals surface area contributed by atoms with Gasteiger partial charge in [-0.25, -0.2) is 0 Å². The first-order valence-electron chi connectivity index (χ1n) is 4.81. The van der Waals surface area contributed by atoms with E-state index in [0.717, 1.165) is 18.9 Å². The fourth-order valence-corrected chi connectivity index (χ4v) is 1.68. The molecule has 2 heterocycles. The van der Waals surface area contributed by atoms with E-state index < -0.39 is 0 Å². The van der Waals surface area contributed by atoms with Crippen molar-refractivity contribution in [3.63, 3.8) is 0 Å². The highest BCUT2D eigenvalue weighted by atomic mass is 35.5. The third-order valence-corrected chi connectivity index (χ3v) is 2.48. The van der Waals surface area contributed by atoms with Gasteiger partial charge in [0.25, 0.3) is 0 Å². The molecule has 1 atom stereocenters. The molecule has 15 heavy (non-hydrogen) atoms. The van der Waals surface area contributed by atoms with Crippen molar-refractivity contribution in [3.05, 3.63) is 17.3 Å². The average Bonchev–Trinajstić information content (AvgIpc) is 2.23. The van der Waals surface area contributed by atoms with Crippen molar-refractivity contribution in [3.8, 4) is 0 Å². The average molecular weight is 249 g/mol. The molecule has 2 rings (SSSR count). The molecule has 1 aromatic heterocycles. The van der Waals surface area contributed by atoms with Crippen LogP contribution in [0.4, 0.5) is 5.82 Å². The summed E-state index contributed by atoms with van der Waals surface area (Å²) in [5, 5.41) is 14.8. The highest BCUT2D eigenvalue weighted by Crippen LogP contribution is 2.10. The summed E-state index contributed by atoms with van der Waals surface area (Å²) in [5.74, 6) is 0.795. The van der Waals surface area contributed by atoms with Crippen LogP contribution in [0.5, 0.6) is 0 Å². The number of anilines is 1. The number of rotatable bonds is 2. The van der Waals surface area contributed by atoms with Gasteiger partial charge in [0.1, 0.15) is 5.82 Å². The molecule has 1 aromatic rings. The van der Waals surface area contributed by atoms with E-state index >= 15 is 0 Å². The first kappa shape index (κ1) is 12.5. The summed E-state index contributed by atoms with van der Waals surface area (Å²) in [6.45, 7) is 2.11. The highest BCUT2D eigenvalue weighted by Gasteiger charge is 2.12. The molecule has 0 amide bonds. The molecule has 0 spiro atoms. The zero-order valence-electron chi connectivity index (χ0n) is 8.24. The summed E-state index contributed by atoms with van der Waals surface area (Å²) in [6.07, 6.45) is 2.38. The van der Waals surface area contributed by atoms with Crippen LogP contribution in [-0.4, -0.2) is 29.3 Å². The van der Waals surface area contributed by atoms with Gasteiger partial charge in [-0.2, -0.15) is 0 Å². The molecule has 1 fully saturated rings. The Bertz CT molecular complexity index is 285. The van der Waals surface area contributed by atoms with Gasteiger partial charge in [0.2, 0.25) is 0 Å². The molecule has 1 saturated heterocycles. The van der Waals surface area contributed by atoms with E-state index in [1.165, 1.54) is 12.8 Å². The Kier molecular flexibility index (Phi) is 5.08. The zero-order valence-corrected chi connectivity index (χ0v) is 9.81. The van der Waals surface area contributed by atoms with Gasteiger partial charge < -0.3 is 10.6 Å². The van der Waals surface area contributed by atoms with Crippen molar-refractivity contribution in [2.75, 3.05) is 18.4 Å². The zero-order chi connectivity index (χ0) is 9.80. The summed E-state index contributed by atoms with van der Waals surface area (Å²) in [7, 11) is 0. The van der Waals surface area contributed by atoms with Crippen LogP contribution in [0.25, 0.3) is 0 Å². The van der Waals surface area contributed by atoms with Crippen LogP contribution in [-0.2, 0) is 0 Å². The lowest BCUT2D eigenvalue weighted by atomic mass is 10.1. The van der Waals surface area contributed by atoms with Gasteiger partial charge >= 0.3 is 0 Å². The Morgan fingerprint density at radius 1 is 1.40 bits per heavy atom. The van der Waals surface area contributed by atoms with E-state index in [1.807, 2.05) is 6.07 Å². The molecule has 0 saturated carbocycles. The van der Waals surface area contributed by atoms with Gasteiger partial charge in [-0.1, -0.05) is 11.6 Å². The predicted octanol–water partition coefficient (Wildman–Crippen LogP) is 1.72. The van der Waals surface area contributed by atoms with Crippen LogP contribution in [0.3, 0.4) is 0 Å². The van der Waals surface area contributed by atoms with Gasteiger partial charge in [0, 0.05) is 12.6 Å². The summed E-state index contributed by atoms with van der Waals surface area (Å²) in [6, 6.07) is 4.05. The third kappa shape index (κ3) is 3.81. The topological polar surface area (TPSA) is 49.8 Å². The maximum Gasteiger partial charge on any atom is 0.151 e. The van der Waals surface area contributed by atoms with E-state index in [1.54, 1.807) is 6.07 Å². The molecule has 0 bridgehead atoms. The summed E-state index contributed by atoms with van der Waals surface area (Å²) >= 11 is 5.64. The Morgan fingerprint density at radius 2 is 2.27 bits per heavy atom. The Balaban J connectivity index is 0.00000112. The molecule has 0 radical (unpaired) electrons. The molecule has 4 nitrogen and oxygen atoms in total. The Hall–Kier alpha value is -0.580. The lowest BCUT2D eigenvalue weighted by Gasteiger charge is -2.23. The lowest BCUT2D eigenvalue weighted by Crippen LogP contribution is -2.38. The second-order valence-electron chi connectivity index (χ2n) is 3.43. The Labute approximate surface area is 100 Å². The van der Waals surface area contributed by atoms with E-state index in [2.05, 4.69) is 20.8 Å². The van der Waals surface area contributed by atoms with Crippen molar-refractivity contribution in [2.24, 2.45) is 0 Å². The van der Waals surface area contributed by atoms with Crippen molar-refractivity contribution in [1.82, 2.24) is 15.5 Å². The minimum Gasteiger partial charge on any atom is -0.365 e. The molecule has 0 aliphatic carbocycles. The Morgan fingerprint density at radius 3 is 2.87 bits per heavy atom. The van der Waals surface area contributed by atoms with Crippen molar-refractivity contribution in [1.29, 1.82) is 0 Å². The van der Waals surface area contributed by atoms with Gasteiger partial charge in [-0.05, 0) is 31.5 Å². The number of nitrogens with one attached hydrogen (secondary N) is 2. The molecule has 84 valence electrons. The first-order chi connectivity index (χ1) is 6.84. The molecule has 1 aliphatic rings. The van der Waals surface area contributed by atoms with Gasteiger partial charge in [-0.15, -0.1) is 22.6 Å². The van der Waals surface area contributed by atoms with E-state index in [9.17, 15) is 0 Å². The summed E-state index contributed by atoms with van der Waals surface area (Å²) in [5.41, 5.74) is 0. The number of nitrogens with zero attached hydrogens (tertiary/aromatic N) is 2. The maximum atomic E-state index is 5.64. The van der Waals surface area contributed by atoms with Crippen molar-refractivity contribution >= 4 is 29.8 Å². The largest absolute Gasteiger partial charge is 0.365 e. The number of halogens is 2.